The first-order chi connectivity index (χ1) is 16.9. The molecule has 1 aliphatic carbocycles. The van der Waals surface area contributed by atoms with Crippen molar-refractivity contribution in [2.75, 3.05) is 4.90 Å². The Kier molecular flexibility index (Phi) is 8.02. The highest BCUT2D eigenvalue weighted by atomic mass is 32.2. The van der Waals surface area contributed by atoms with Gasteiger partial charge in [-0.2, -0.15) is 0 Å². The molecule has 6 atom stereocenters. The van der Waals surface area contributed by atoms with Crippen LogP contribution in [0.1, 0.15) is 51.5 Å². The molecule has 1 saturated heterocycles. The summed E-state index contributed by atoms with van der Waals surface area (Å²) in [7, 11) is -1.53. The summed E-state index contributed by atoms with van der Waals surface area (Å²) in [6.45, 7) is 6.08. The highest BCUT2D eigenvalue weighted by molar-refractivity contribution is 7.89. The number of carbonyl (C=O) groups is 2. The molecular weight excluding hydrogens is 458 g/mol. The summed E-state index contributed by atoms with van der Waals surface area (Å²) in [5.41, 5.74) is 1.62. The molecule has 0 spiro atoms. The zero-order valence-corrected chi connectivity index (χ0v) is 21.5. The number of anilines is 1. The lowest BCUT2D eigenvalue weighted by Crippen LogP contribution is -2.43. The lowest BCUT2D eigenvalue weighted by Gasteiger charge is -2.38. The number of amides is 2. The third kappa shape index (κ3) is 4.91. The van der Waals surface area contributed by atoms with E-state index in [4.69, 9.17) is 0 Å². The van der Waals surface area contributed by atoms with E-state index in [1.54, 1.807) is 12.1 Å². The maximum atomic E-state index is 13.9. The Morgan fingerprint density at radius 3 is 2.23 bits per heavy atom. The van der Waals surface area contributed by atoms with Gasteiger partial charge < -0.3 is 5.11 Å². The number of aryl methyl sites for hydroxylation is 1. The van der Waals surface area contributed by atoms with Gasteiger partial charge in [0.25, 0.3) is 0 Å². The molecule has 1 aliphatic heterocycles. The molecule has 1 heterocycles. The van der Waals surface area contributed by atoms with Crippen LogP contribution in [0.25, 0.3) is 0 Å². The van der Waals surface area contributed by atoms with E-state index in [-0.39, 0.29) is 17.7 Å². The average Bonchev–Trinajstić information content (AvgIpc) is 3.13. The fourth-order valence-corrected chi connectivity index (χ4v) is 7.08. The van der Waals surface area contributed by atoms with Crippen molar-refractivity contribution < 1.29 is 18.9 Å². The second kappa shape index (κ2) is 11.0. The quantitative estimate of drug-likeness (QED) is 0.475. The van der Waals surface area contributed by atoms with Gasteiger partial charge in [0.05, 0.1) is 34.4 Å². The lowest BCUT2D eigenvalue weighted by atomic mass is 9.68. The number of unbranched alkanes of at least 4 members (excludes halogenated alkanes) is 1. The Balaban J connectivity index is 1.82. The van der Waals surface area contributed by atoms with Crippen molar-refractivity contribution in [3.8, 4) is 0 Å². The fourth-order valence-electron chi connectivity index (χ4n) is 5.58. The number of fused-ring (bicyclic) bond motifs is 1. The van der Waals surface area contributed by atoms with E-state index in [2.05, 4.69) is 13.8 Å². The van der Waals surface area contributed by atoms with Crippen molar-refractivity contribution in [1.29, 1.82) is 0 Å². The maximum absolute atomic E-state index is 13.9. The van der Waals surface area contributed by atoms with Crippen molar-refractivity contribution in [2.45, 2.75) is 63.9 Å². The Morgan fingerprint density at radius 2 is 1.60 bits per heavy atom. The summed E-state index contributed by atoms with van der Waals surface area (Å²) in [4.78, 5) is 30.2. The second-order valence-electron chi connectivity index (χ2n) is 9.74. The number of para-hydroxylation sites is 1. The Labute approximate surface area is 210 Å². The van der Waals surface area contributed by atoms with Crippen LogP contribution in [0.4, 0.5) is 5.69 Å². The first-order valence-electron chi connectivity index (χ1n) is 12.7. The molecule has 5 nitrogen and oxygen atoms in total. The number of aliphatic hydroxyl groups is 1. The number of hydrogen-bond donors (Lipinski definition) is 1. The topological polar surface area (TPSA) is 74.7 Å². The molecule has 6 heteroatoms. The summed E-state index contributed by atoms with van der Waals surface area (Å²) >= 11 is 0. The first kappa shape index (κ1) is 25.5. The second-order valence-corrected chi connectivity index (χ2v) is 11.2. The van der Waals surface area contributed by atoms with Gasteiger partial charge in [0.15, 0.2) is 0 Å². The van der Waals surface area contributed by atoms with Crippen LogP contribution in [-0.2, 0) is 20.4 Å². The maximum Gasteiger partial charge on any atom is 0.238 e. The molecule has 2 aliphatic rings. The lowest BCUT2D eigenvalue weighted by molar-refractivity contribution is -0.124. The molecule has 2 amide bonds. The number of allylic oxidation sites excluding steroid dienone is 1. The van der Waals surface area contributed by atoms with E-state index in [1.807, 2.05) is 55.5 Å². The Morgan fingerprint density at radius 1 is 0.943 bits per heavy atom. The van der Waals surface area contributed by atoms with Gasteiger partial charge in [0, 0.05) is 15.7 Å². The normalized spacial score (nSPS) is 25.8. The number of benzene rings is 2. The molecule has 35 heavy (non-hydrogen) atoms. The van der Waals surface area contributed by atoms with Crippen LogP contribution in [0, 0.1) is 30.6 Å². The largest absolute Gasteiger partial charge is 0.392 e. The van der Waals surface area contributed by atoms with Gasteiger partial charge in [-0.1, -0.05) is 75.1 Å². The molecule has 1 N–H and O–H groups in total. The highest BCUT2D eigenvalue weighted by Crippen LogP contribution is 2.50. The van der Waals surface area contributed by atoms with Gasteiger partial charge in [0.1, 0.15) is 0 Å². The third-order valence-electron chi connectivity index (χ3n) is 7.31. The zero-order valence-electron chi connectivity index (χ0n) is 20.7. The minimum absolute atomic E-state index is 0.200. The van der Waals surface area contributed by atoms with E-state index < -0.39 is 34.7 Å². The number of imide groups is 1. The summed E-state index contributed by atoms with van der Waals surface area (Å²) < 4.78 is 13.9. The number of hydrogen-bond acceptors (Lipinski definition) is 4. The molecule has 2 aromatic carbocycles. The van der Waals surface area contributed by atoms with Crippen LogP contribution in [0.15, 0.2) is 70.5 Å². The number of aliphatic hydroxyl groups excluding tert-OH is 1. The van der Waals surface area contributed by atoms with Crippen LogP contribution >= 0.6 is 0 Å². The summed E-state index contributed by atoms with van der Waals surface area (Å²) in [6, 6.07) is 16.5. The molecule has 0 radical (unpaired) electrons. The molecular formula is C29H35NO4S. The van der Waals surface area contributed by atoms with Crippen molar-refractivity contribution in [2.24, 2.45) is 23.7 Å². The number of carbonyl (C=O) groups excluding carboxylic acids is 2. The van der Waals surface area contributed by atoms with Crippen LogP contribution in [-0.4, -0.2) is 27.2 Å². The molecule has 0 aromatic heterocycles. The van der Waals surface area contributed by atoms with E-state index in [9.17, 15) is 18.9 Å². The van der Waals surface area contributed by atoms with Crippen molar-refractivity contribution >= 4 is 28.3 Å². The molecule has 2 aromatic rings. The van der Waals surface area contributed by atoms with E-state index in [0.717, 1.165) is 31.2 Å². The Hall–Kier alpha value is -2.57. The van der Waals surface area contributed by atoms with Crippen molar-refractivity contribution in [3.63, 3.8) is 0 Å². The summed E-state index contributed by atoms with van der Waals surface area (Å²) in [5, 5.41) is 11.4. The van der Waals surface area contributed by atoms with Crippen LogP contribution in [0.2, 0.25) is 0 Å². The standard InChI is InChI=1S/C29H35NO4S/c1-4-6-13-23(31)26-24(35(34)22-16-14-19(3)15-17-22)18-20(10-5-2)25-27(26)29(33)30(28(25)32)21-11-8-7-9-12-21/h7-9,11-12,14-18,20,23,25-27,31H,4-6,10,13H2,1-3H3/t20-,23+,25-,26+,27-,35+/m1/s1. The van der Waals surface area contributed by atoms with Crippen LogP contribution in [0.3, 0.4) is 0 Å². The number of rotatable bonds is 9. The minimum Gasteiger partial charge on any atom is -0.392 e. The van der Waals surface area contributed by atoms with Gasteiger partial charge in [-0.05, 0) is 49.9 Å². The van der Waals surface area contributed by atoms with Gasteiger partial charge >= 0.3 is 0 Å². The zero-order chi connectivity index (χ0) is 25.1. The van der Waals surface area contributed by atoms with Gasteiger partial charge in [0.2, 0.25) is 11.8 Å². The minimum atomic E-state index is -1.53. The van der Waals surface area contributed by atoms with Gasteiger partial charge in [-0.3, -0.25) is 14.5 Å². The van der Waals surface area contributed by atoms with E-state index in [1.165, 1.54) is 4.90 Å². The van der Waals surface area contributed by atoms with Gasteiger partial charge in [-0.25, -0.2) is 4.21 Å². The third-order valence-corrected chi connectivity index (χ3v) is 8.84. The number of nitrogens with zero attached hydrogens (tertiary/aromatic N) is 1. The highest BCUT2D eigenvalue weighted by Gasteiger charge is 2.58. The van der Waals surface area contributed by atoms with E-state index in [0.29, 0.717) is 21.9 Å². The van der Waals surface area contributed by atoms with Crippen LogP contribution < -0.4 is 4.90 Å². The average molecular weight is 494 g/mol. The smallest absolute Gasteiger partial charge is 0.238 e. The van der Waals surface area contributed by atoms with Crippen molar-refractivity contribution in [3.05, 3.63) is 71.1 Å². The summed E-state index contributed by atoms with van der Waals surface area (Å²) in [5.74, 6) is -2.64. The molecule has 186 valence electrons. The molecule has 0 bridgehead atoms. The molecule has 1 fully saturated rings. The predicted octanol–water partition coefficient (Wildman–Crippen LogP) is 5.39. The molecule has 4 rings (SSSR count). The van der Waals surface area contributed by atoms with Gasteiger partial charge in [-0.15, -0.1) is 0 Å². The Bertz CT molecular complexity index is 1110. The predicted molar refractivity (Wildman–Crippen MR) is 139 cm³/mol. The van der Waals surface area contributed by atoms with E-state index >= 15 is 0 Å². The molecule has 0 saturated carbocycles. The fraction of sp³-hybridized carbons (Fsp3) is 0.448. The SMILES string of the molecule is CCCC[C@H](O)[C@H]1C([S@@](=O)c2ccc(C)cc2)=C[C@@H](CCC)[C@H]2C(=O)N(c3ccccc3)C(=O)[C@@H]12. The van der Waals surface area contributed by atoms with Crippen molar-refractivity contribution in [1.82, 2.24) is 0 Å². The van der Waals surface area contributed by atoms with Crippen LogP contribution in [0.5, 0.6) is 0 Å². The molecule has 0 unspecified atom stereocenters. The summed E-state index contributed by atoms with van der Waals surface area (Å²) in [6.07, 6.45) is 4.86. The monoisotopic (exact) mass is 493 g/mol. The first-order valence-corrected chi connectivity index (χ1v) is 13.8.